The molecule has 0 saturated heterocycles. The quantitative estimate of drug-likeness (QED) is 0.746. The average Bonchev–Trinajstić information content (AvgIpc) is 2.97. The first-order valence-corrected chi connectivity index (χ1v) is 8.17. The van der Waals surface area contributed by atoms with Crippen LogP contribution in [-0.4, -0.2) is 15.4 Å². The zero-order chi connectivity index (χ0) is 14.2. The van der Waals surface area contributed by atoms with Crippen molar-refractivity contribution in [3.8, 4) is 0 Å². The predicted octanol–water partition coefficient (Wildman–Crippen LogP) is 4.71. The van der Waals surface area contributed by atoms with Gasteiger partial charge >= 0.3 is 0 Å². The summed E-state index contributed by atoms with van der Waals surface area (Å²) in [4.78, 5) is 4.81. The minimum absolute atomic E-state index is 0.428. The molecule has 0 spiro atoms. The number of aromatic nitrogens is 2. The lowest BCUT2D eigenvalue weighted by Gasteiger charge is -2.26. The number of hydrogen-bond acceptors (Lipinski definition) is 1. The summed E-state index contributed by atoms with van der Waals surface area (Å²) in [5.74, 6) is 1.79. The highest BCUT2D eigenvalue weighted by Gasteiger charge is 2.30. The van der Waals surface area contributed by atoms with Crippen LogP contribution in [-0.2, 0) is 13.0 Å². The van der Waals surface area contributed by atoms with Gasteiger partial charge in [0.15, 0.2) is 0 Å². The summed E-state index contributed by atoms with van der Waals surface area (Å²) in [5, 5.41) is 0. The van der Waals surface area contributed by atoms with Crippen molar-refractivity contribution in [3.63, 3.8) is 0 Å². The van der Waals surface area contributed by atoms with E-state index in [-0.39, 0.29) is 0 Å². The molecule has 1 aromatic carbocycles. The van der Waals surface area contributed by atoms with E-state index >= 15 is 0 Å². The Hall–Kier alpha value is -1.02. The zero-order valence-electron chi connectivity index (χ0n) is 12.5. The largest absolute Gasteiger partial charge is 0.327 e. The number of aryl methyl sites for hydroxylation is 2. The Morgan fingerprint density at radius 3 is 2.75 bits per heavy atom. The molecule has 2 aromatic rings. The Bertz CT molecular complexity index is 609. The fourth-order valence-electron chi connectivity index (χ4n) is 3.63. The van der Waals surface area contributed by atoms with Gasteiger partial charge in [0.25, 0.3) is 0 Å². The molecule has 1 heterocycles. The SMILES string of the molecule is Cc1cccc2nc(CCCl)n(CC3(C)CCCC3)c12. The van der Waals surface area contributed by atoms with Crippen molar-refractivity contribution in [3.05, 3.63) is 29.6 Å². The van der Waals surface area contributed by atoms with Gasteiger partial charge in [-0.2, -0.15) is 0 Å². The van der Waals surface area contributed by atoms with E-state index in [0.29, 0.717) is 11.3 Å². The third-order valence-electron chi connectivity index (χ3n) is 4.72. The molecule has 3 rings (SSSR count). The van der Waals surface area contributed by atoms with Crippen molar-refractivity contribution in [2.24, 2.45) is 5.41 Å². The lowest BCUT2D eigenvalue weighted by molar-refractivity contribution is 0.282. The molecule has 1 aliphatic rings. The maximum absolute atomic E-state index is 5.97. The van der Waals surface area contributed by atoms with E-state index < -0.39 is 0 Å². The highest BCUT2D eigenvalue weighted by molar-refractivity contribution is 6.17. The number of imidazole rings is 1. The standard InChI is InChI=1S/C17H23ClN2/c1-13-6-5-7-14-16(13)20(15(19-14)8-11-18)12-17(2)9-3-4-10-17/h5-7H,3-4,8-12H2,1-2H3. The molecule has 20 heavy (non-hydrogen) atoms. The highest BCUT2D eigenvalue weighted by atomic mass is 35.5. The first kappa shape index (κ1) is 13.9. The summed E-state index contributed by atoms with van der Waals surface area (Å²) >= 11 is 5.97. The molecular formula is C17H23ClN2. The molecule has 0 amide bonds. The topological polar surface area (TPSA) is 17.8 Å². The van der Waals surface area contributed by atoms with E-state index in [1.807, 2.05) is 0 Å². The number of benzene rings is 1. The van der Waals surface area contributed by atoms with Crippen LogP contribution in [0.2, 0.25) is 0 Å². The third kappa shape index (κ3) is 2.46. The average molecular weight is 291 g/mol. The Kier molecular flexibility index (Phi) is 3.76. The van der Waals surface area contributed by atoms with Crippen LogP contribution >= 0.6 is 11.6 Å². The molecule has 1 saturated carbocycles. The smallest absolute Gasteiger partial charge is 0.111 e. The normalized spacial score (nSPS) is 17.9. The number of nitrogens with zero attached hydrogens (tertiary/aromatic N) is 2. The van der Waals surface area contributed by atoms with Crippen LogP contribution < -0.4 is 0 Å². The lowest BCUT2D eigenvalue weighted by Crippen LogP contribution is -2.21. The third-order valence-corrected chi connectivity index (χ3v) is 4.91. The van der Waals surface area contributed by atoms with Crippen molar-refractivity contribution in [1.82, 2.24) is 9.55 Å². The second-order valence-electron chi connectivity index (χ2n) is 6.51. The second-order valence-corrected chi connectivity index (χ2v) is 6.89. The van der Waals surface area contributed by atoms with Crippen LogP contribution in [0.4, 0.5) is 0 Å². The van der Waals surface area contributed by atoms with Crippen molar-refractivity contribution in [1.29, 1.82) is 0 Å². The lowest BCUT2D eigenvalue weighted by atomic mass is 9.88. The van der Waals surface area contributed by atoms with Gasteiger partial charge in [-0.1, -0.05) is 31.9 Å². The van der Waals surface area contributed by atoms with E-state index in [1.54, 1.807) is 0 Å². The van der Waals surface area contributed by atoms with Gasteiger partial charge in [-0.05, 0) is 36.8 Å². The van der Waals surface area contributed by atoms with Gasteiger partial charge in [0.05, 0.1) is 11.0 Å². The van der Waals surface area contributed by atoms with Gasteiger partial charge in [-0.3, -0.25) is 0 Å². The van der Waals surface area contributed by atoms with Crippen molar-refractivity contribution < 1.29 is 0 Å². The number of fused-ring (bicyclic) bond motifs is 1. The fraction of sp³-hybridized carbons (Fsp3) is 0.588. The van der Waals surface area contributed by atoms with Gasteiger partial charge < -0.3 is 4.57 Å². The Morgan fingerprint density at radius 2 is 2.05 bits per heavy atom. The number of para-hydroxylation sites is 1. The van der Waals surface area contributed by atoms with Gasteiger partial charge in [-0.25, -0.2) is 4.98 Å². The zero-order valence-corrected chi connectivity index (χ0v) is 13.2. The van der Waals surface area contributed by atoms with Gasteiger partial charge in [-0.15, -0.1) is 11.6 Å². The molecule has 1 aliphatic carbocycles. The summed E-state index contributed by atoms with van der Waals surface area (Å²) in [6, 6.07) is 6.40. The molecule has 0 N–H and O–H groups in total. The number of halogens is 1. The Morgan fingerprint density at radius 1 is 1.30 bits per heavy atom. The van der Waals surface area contributed by atoms with E-state index in [4.69, 9.17) is 16.6 Å². The monoisotopic (exact) mass is 290 g/mol. The number of alkyl halides is 1. The van der Waals surface area contributed by atoms with Gasteiger partial charge in [0, 0.05) is 18.8 Å². The minimum Gasteiger partial charge on any atom is -0.327 e. The molecule has 1 aromatic heterocycles. The van der Waals surface area contributed by atoms with Crippen molar-refractivity contribution >= 4 is 22.6 Å². The number of hydrogen-bond donors (Lipinski definition) is 0. The molecule has 0 atom stereocenters. The Labute approximate surface area is 126 Å². The van der Waals surface area contributed by atoms with Crippen LogP contribution in [0.3, 0.4) is 0 Å². The molecule has 0 radical (unpaired) electrons. The van der Waals surface area contributed by atoms with E-state index in [0.717, 1.165) is 24.3 Å². The molecule has 3 heteroatoms. The fourth-order valence-corrected chi connectivity index (χ4v) is 3.80. The van der Waals surface area contributed by atoms with Gasteiger partial charge in [0.1, 0.15) is 5.82 Å². The molecule has 0 aliphatic heterocycles. The summed E-state index contributed by atoms with van der Waals surface area (Å²) in [5.41, 5.74) is 4.17. The van der Waals surface area contributed by atoms with Gasteiger partial charge in [0.2, 0.25) is 0 Å². The van der Waals surface area contributed by atoms with Crippen molar-refractivity contribution in [2.45, 2.75) is 52.5 Å². The summed E-state index contributed by atoms with van der Waals surface area (Å²) in [7, 11) is 0. The summed E-state index contributed by atoms with van der Waals surface area (Å²) in [6.45, 7) is 5.69. The Balaban J connectivity index is 2.08. The highest BCUT2D eigenvalue weighted by Crippen LogP contribution is 2.40. The minimum atomic E-state index is 0.428. The first-order valence-electron chi connectivity index (χ1n) is 7.64. The predicted molar refractivity (Wildman–Crippen MR) is 85.5 cm³/mol. The van der Waals surface area contributed by atoms with E-state index in [1.165, 1.54) is 36.8 Å². The molecular weight excluding hydrogens is 268 g/mol. The molecule has 108 valence electrons. The van der Waals surface area contributed by atoms with Crippen LogP contribution in [0.15, 0.2) is 18.2 Å². The maximum Gasteiger partial charge on any atom is 0.111 e. The first-order chi connectivity index (χ1) is 9.63. The molecule has 1 fully saturated rings. The van der Waals surface area contributed by atoms with E-state index in [2.05, 4.69) is 36.6 Å². The summed E-state index contributed by atoms with van der Waals surface area (Å²) < 4.78 is 2.44. The van der Waals surface area contributed by atoms with E-state index in [9.17, 15) is 0 Å². The molecule has 0 bridgehead atoms. The molecule has 0 unspecified atom stereocenters. The van der Waals surface area contributed by atoms with Crippen LogP contribution in [0.1, 0.15) is 44.0 Å². The van der Waals surface area contributed by atoms with Crippen molar-refractivity contribution in [2.75, 3.05) is 5.88 Å². The van der Waals surface area contributed by atoms with Crippen LogP contribution in [0.5, 0.6) is 0 Å². The van der Waals surface area contributed by atoms with Crippen LogP contribution in [0, 0.1) is 12.3 Å². The van der Waals surface area contributed by atoms with Crippen LogP contribution in [0.25, 0.3) is 11.0 Å². The number of rotatable bonds is 4. The maximum atomic E-state index is 5.97. The molecule has 2 nitrogen and oxygen atoms in total. The summed E-state index contributed by atoms with van der Waals surface area (Å²) in [6.07, 6.45) is 6.25. The second kappa shape index (κ2) is 5.40.